The summed E-state index contributed by atoms with van der Waals surface area (Å²) < 4.78 is 10.8. The summed E-state index contributed by atoms with van der Waals surface area (Å²) in [7, 11) is 1.55. The monoisotopic (exact) mass is 395 g/mol. The molecule has 0 saturated heterocycles. The Morgan fingerprint density at radius 1 is 1.15 bits per heavy atom. The zero-order chi connectivity index (χ0) is 18.9. The highest BCUT2D eigenvalue weighted by Gasteiger charge is 2.18. The molecule has 0 saturated carbocycles. The topological polar surface area (TPSA) is 117 Å². The number of methoxy groups -OCH3 is 1. The van der Waals surface area contributed by atoms with Crippen LogP contribution in [0.3, 0.4) is 0 Å². The fraction of sp³-hybridized carbons (Fsp3) is 0.278. The van der Waals surface area contributed by atoms with Gasteiger partial charge in [-0.05, 0) is 49.7 Å². The van der Waals surface area contributed by atoms with Gasteiger partial charge in [0.05, 0.1) is 17.6 Å². The lowest BCUT2D eigenvalue weighted by molar-refractivity contribution is -0.384. The Balaban J connectivity index is 0.00000364. The molecule has 27 heavy (non-hydrogen) atoms. The Labute approximate surface area is 163 Å². The molecule has 0 aromatic heterocycles. The minimum Gasteiger partial charge on any atom is -0.497 e. The highest BCUT2D eigenvalue weighted by molar-refractivity contribution is 5.97. The van der Waals surface area contributed by atoms with Crippen molar-refractivity contribution in [2.75, 3.05) is 20.2 Å². The first-order valence-electron chi connectivity index (χ1n) is 8.13. The fourth-order valence-electron chi connectivity index (χ4n) is 2.24. The van der Waals surface area contributed by atoms with E-state index >= 15 is 0 Å². The summed E-state index contributed by atoms with van der Waals surface area (Å²) >= 11 is 0. The number of hydrogen-bond donors (Lipinski definition) is 2. The largest absolute Gasteiger partial charge is 0.497 e. The predicted octanol–water partition coefficient (Wildman–Crippen LogP) is 3.29. The SMILES string of the molecule is COc1ccc(Oc2ccc([N+](=O)[O-])cc2C(=O)NCCCCN)cc1.Cl. The molecule has 0 bridgehead atoms. The number of amides is 1. The van der Waals surface area contributed by atoms with E-state index in [9.17, 15) is 14.9 Å². The van der Waals surface area contributed by atoms with Crippen LogP contribution in [0.4, 0.5) is 5.69 Å². The molecule has 0 radical (unpaired) electrons. The third-order valence-corrected chi connectivity index (χ3v) is 3.62. The van der Waals surface area contributed by atoms with E-state index in [1.807, 2.05) is 0 Å². The van der Waals surface area contributed by atoms with E-state index in [0.29, 0.717) is 24.6 Å². The van der Waals surface area contributed by atoms with Crippen molar-refractivity contribution in [1.29, 1.82) is 0 Å². The van der Waals surface area contributed by atoms with Crippen LogP contribution in [-0.4, -0.2) is 31.0 Å². The van der Waals surface area contributed by atoms with Gasteiger partial charge < -0.3 is 20.5 Å². The van der Waals surface area contributed by atoms with Gasteiger partial charge in [0.2, 0.25) is 0 Å². The van der Waals surface area contributed by atoms with Crippen molar-refractivity contribution in [1.82, 2.24) is 5.32 Å². The molecule has 0 unspecified atom stereocenters. The number of nitrogens with one attached hydrogen (secondary N) is 1. The number of halogens is 1. The van der Waals surface area contributed by atoms with Crippen LogP contribution in [0.5, 0.6) is 17.2 Å². The highest BCUT2D eigenvalue weighted by Crippen LogP contribution is 2.29. The highest BCUT2D eigenvalue weighted by atomic mass is 35.5. The predicted molar refractivity (Wildman–Crippen MR) is 104 cm³/mol. The van der Waals surface area contributed by atoms with Crippen LogP contribution in [-0.2, 0) is 0 Å². The van der Waals surface area contributed by atoms with Gasteiger partial charge in [-0.15, -0.1) is 12.4 Å². The number of rotatable bonds is 9. The van der Waals surface area contributed by atoms with Gasteiger partial charge in [-0.3, -0.25) is 14.9 Å². The van der Waals surface area contributed by atoms with E-state index in [0.717, 1.165) is 12.8 Å². The Morgan fingerprint density at radius 2 is 1.81 bits per heavy atom. The van der Waals surface area contributed by atoms with E-state index < -0.39 is 10.8 Å². The first kappa shape index (κ1) is 22.2. The van der Waals surface area contributed by atoms with Gasteiger partial charge in [0.15, 0.2) is 0 Å². The zero-order valence-electron chi connectivity index (χ0n) is 14.8. The average Bonchev–Trinajstić information content (AvgIpc) is 2.65. The van der Waals surface area contributed by atoms with E-state index in [1.165, 1.54) is 18.2 Å². The van der Waals surface area contributed by atoms with Gasteiger partial charge in [-0.1, -0.05) is 0 Å². The Kier molecular flexibility index (Phi) is 9.04. The molecule has 0 aliphatic rings. The van der Waals surface area contributed by atoms with Crippen LogP contribution >= 0.6 is 12.4 Å². The summed E-state index contributed by atoms with van der Waals surface area (Å²) in [5, 5.41) is 13.7. The third-order valence-electron chi connectivity index (χ3n) is 3.62. The maximum Gasteiger partial charge on any atom is 0.270 e. The van der Waals surface area contributed by atoms with Gasteiger partial charge in [-0.25, -0.2) is 0 Å². The van der Waals surface area contributed by atoms with Crippen molar-refractivity contribution in [3.63, 3.8) is 0 Å². The molecule has 0 spiro atoms. The molecule has 1 amide bonds. The number of benzene rings is 2. The van der Waals surface area contributed by atoms with Crippen molar-refractivity contribution in [2.45, 2.75) is 12.8 Å². The van der Waals surface area contributed by atoms with Crippen LogP contribution in [0.1, 0.15) is 23.2 Å². The van der Waals surface area contributed by atoms with Crippen molar-refractivity contribution in [3.8, 4) is 17.2 Å². The molecule has 8 nitrogen and oxygen atoms in total. The maximum absolute atomic E-state index is 12.4. The molecule has 2 rings (SSSR count). The van der Waals surface area contributed by atoms with E-state index in [4.69, 9.17) is 15.2 Å². The summed E-state index contributed by atoms with van der Waals surface area (Å²) in [5.74, 6) is 0.946. The summed E-state index contributed by atoms with van der Waals surface area (Å²) in [6.07, 6.45) is 1.51. The van der Waals surface area contributed by atoms with Crippen LogP contribution in [0, 0.1) is 10.1 Å². The number of unbranched alkanes of at least 4 members (excludes halogenated alkanes) is 1. The van der Waals surface area contributed by atoms with Gasteiger partial charge in [0, 0.05) is 18.7 Å². The van der Waals surface area contributed by atoms with Crippen molar-refractivity contribution >= 4 is 24.0 Å². The van der Waals surface area contributed by atoms with Crippen LogP contribution in [0.2, 0.25) is 0 Å². The Hall–Kier alpha value is -2.84. The molecule has 0 heterocycles. The normalized spacial score (nSPS) is 9.85. The number of nitrogens with zero attached hydrogens (tertiary/aromatic N) is 1. The zero-order valence-corrected chi connectivity index (χ0v) is 15.7. The van der Waals surface area contributed by atoms with Crippen molar-refractivity contribution in [3.05, 3.63) is 58.1 Å². The van der Waals surface area contributed by atoms with E-state index in [2.05, 4.69) is 5.32 Å². The molecular formula is C18H22ClN3O5. The standard InChI is InChI=1S/C18H21N3O5.ClH/c1-25-14-5-7-15(8-6-14)26-17-9-4-13(21(23)24)12-16(17)18(22)20-11-3-2-10-19;/h4-9,12H,2-3,10-11,19H2,1H3,(H,20,22);1H. The van der Waals surface area contributed by atoms with Crippen molar-refractivity contribution in [2.24, 2.45) is 5.73 Å². The second kappa shape index (κ2) is 11.0. The van der Waals surface area contributed by atoms with Crippen molar-refractivity contribution < 1.29 is 19.2 Å². The first-order valence-corrected chi connectivity index (χ1v) is 8.13. The second-order valence-corrected chi connectivity index (χ2v) is 5.47. The van der Waals surface area contributed by atoms with Gasteiger partial charge in [0.1, 0.15) is 17.2 Å². The van der Waals surface area contributed by atoms with Gasteiger partial charge >= 0.3 is 0 Å². The van der Waals surface area contributed by atoms with Crippen LogP contribution < -0.4 is 20.5 Å². The molecule has 0 atom stereocenters. The lowest BCUT2D eigenvalue weighted by Crippen LogP contribution is -2.25. The Bertz CT molecular complexity index is 768. The summed E-state index contributed by atoms with van der Waals surface area (Å²) in [6, 6.07) is 10.7. The van der Waals surface area contributed by atoms with E-state index in [-0.39, 0.29) is 29.4 Å². The minimum absolute atomic E-state index is 0. The third kappa shape index (κ3) is 6.43. The molecule has 0 aliphatic carbocycles. The average molecular weight is 396 g/mol. The number of nitrogens with two attached hydrogens (primary N) is 1. The summed E-state index contributed by atoms with van der Waals surface area (Å²) in [4.78, 5) is 22.9. The van der Waals surface area contributed by atoms with Crippen LogP contribution in [0.25, 0.3) is 0 Å². The quantitative estimate of drug-likeness (QED) is 0.382. The molecular weight excluding hydrogens is 374 g/mol. The number of nitro benzene ring substituents is 1. The first-order chi connectivity index (χ1) is 12.5. The molecule has 0 fully saturated rings. The molecule has 3 N–H and O–H groups in total. The maximum atomic E-state index is 12.4. The molecule has 0 aliphatic heterocycles. The minimum atomic E-state index is -0.553. The number of carbonyl (C=O) groups excluding carboxylic acids is 1. The Morgan fingerprint density at radius 3 is 2.41 bits per heavy atom. The van der Waals surface area contributed by atoms with Gasteiger partial charge in [-0.2, -0.15) is 0 Å². The molecule has 146 valence electrons. The smallest absolute Gasteiger partial charge is 0.270 e. The number of nitro groups is 1. The van der Waals surface area contributed by atoms with Gasteiger partial charge in [0.25, 0.3) is 11.6 Å². The lowest BCUT2D eigenvalue weighted by atomic mass is 10.1. The fourth-order valence-corrected chi connectivity index (χ4v) is 2.24. The number of non-ortho nitro benzene ring substituents is 1. The number of carbonyl (C=O) groups is 1. The van der Waals surface area contributed by atoms with Crippen LogP contribution in [0.15, 0.2) is 42.5 Å². The molecule has 2 aromatic carbocycles. The summed E-state index contributed by atoms with van der Waals surface area (Å²) in [6.45, 7) is 0.971. The van der Waals surface area contributed by atoms with E-state index in [1.54, 1.807) is 31.4 Å². The lowest BCUT2D eigenvalue weighted by Gasteiger charge is -2.12. The number of hydrogen-bond acceptors (Lipinski definition) is 6. The number of ether oxygens (including phenoxy) is 2. The molecule has 9 heteroatoms. The summed E-state index contributed by atoms with van der Waals surface area (Å²) in [5.41, 5.74) is 5.34. The second-order valence-electron chi connectivity index (χ2n) is 5.47. The molecule has 2 aromatic rings.